The van der Waals surface area contributed by atoms with Crippen LogP contribution in [0.5, 0.6) is 0 Å². The van der Waals surface area contributed by atoms with Crippen molar-refractivity contribution in [3.63, 3.8) is 0 Å². The third-order valence-electron chi connectivity index (χ3n) is 12.6. The fourth-order valence-electron chi connectivity index (χ4n) is 8.21. The Morgan fingerprint density at radius 3 is 1.42 bits per heavy atom. The summed E-state index contributed by atoms with van der Waals surface area (Å²) in [6.45, 7) is 6.92. The Morgan fingerprint density at radius 1 is 0.537 bits per heavy atom. The van der Waals surface area contributed by atoms with Crippen LogP contribution in [0.2, 0.25) is 0 Å². The third kappa shape index (κ3) is 49.0. The summed E-state index contributed by atoms with van der Waals surface area (Å²) in [5.41, 5.74) is 0. The van der Waals surface area contributed by atoms with Crippen LogP contribution in [0, 0.1) is 0 Å². The number of nitrogens with zero attached hydrogens (tertiary/aromatic N) is 1. The summed E-state index contributed by atoms with van der Waals surface area (Å²) < 4.78 is 30.6. The first-order chi connectivity index (χ1) is 32.4. The molecule has 10 heteroatoms. The Kier molecular flexibility index (Phi) is 46.6. The summed E-state index contributed by atoms with van der Waals surface area (Å²) in [7, 11) is 1.50. The number of nitrogens with one attached hydrogen (secondary N) is 1. The topological polar surface area (TPSA) is 111 Å². The minimum atomic E-state index is -4.44. The van der Waals surface area contributed by atoms with Crippen LogP contribution in [0.3, 0.4) is 0 Å². The van der Waals surface area contributed by atoms with Crippen LogP contribution < -0.4 is 5.32 Å². The number of hydrogen-bond donors (Lipinski definition) is 2. The molecular formula is C57H110N2O7P+. The van der Waals surface area contributed by atoms with Crippen molar-refractivity contribution < 1.29 is 37.3 Å². The lowest BCUT2D eigenvalue weighted by molar-refractivity contribution is -0.870. The first kappa shape index (κ1) is 65.2. The summed E-state index contributed by atoms with van der Waals surface area (Å²) >= 11 is 0. The van der Waals surface area contributed by atoms with E-state index in [4.69, 9.17) is 13.8 Å². The van der Waals surface area contributed by atoms with Crippen LogP contribution in [0.15, 0.2) is 36.5 Å². The molecule has 9 nitrogen and oxygen atoms in total. The molecule has 3 atom stereocenters. The zero-order valence-corrected chi connectivity index (χ0v) is 45.8. The monoisotopic (exact) mass is 966 g/mol. The summed E-state index contributed by atoms with van der Waals surface area (Å²) in [4.78, 5) is 37.5. The Hall–Kier alpha value is -1.77. The maximum absolute atomic E-state index is 13.5. The summed E-state index contributed by atoms with van der Waals surface area (Å²) in [6, 6.07) is -0.846. The second-order valence-corrected chi connectivity index (χ2v) is 21.9. The molecule has 0 fully saturated rings. The van der Waals surface area contributed by atoms with E-state index >= 15 is 0 Å². The van der Waals surface area contributed by atoms with Crippen LogP contribution in [0.4, 0.5) is 0 Å². The molecule has 0 bridgehead atoms. The van der Waals surface area contributed by atoms with Crippen molar-refractivity contribution in [1.82, 2.24) is 5.32 Å². The van der Waals surface area contributed by atoms with Crippen LogP contribution in [-0.2, 0) is 27.9 Å². The highest BCUT2D eigenvalue weighted by Gasteiger charge is 2.30. The molecule has 0 heterocycles. The molecular weight excluding hydrogens is 856 g/mol. The first-order valence-electron chi connectivity index (χ1n) is 28.3. The van der Waals surface area contributed by atoms with Gasteiger partial charge >= 0.3 is 13.8 Å². The Labute approximate surface area is 415 Å². The molecule has 0 aliphatic carbocycles. The molecule has 3 unspecified atom stereocenters. The molecule has 394 valence electrons. The highest BCUT2D eigenvalue weighted by molar-refractivity contribution is 7.47. The molecule has 1 amide bonds. The van der Waals surface area contributed by atoms with E-state index in [9.17, 15) is 19.0 Å². The average molecular weight is 966 g/mol. The van der Waals surface area contributed by atoms with Gasteiger partial charge in [0.25, 0.3) is 0 Å². The van der Waals surface area contributed by atoms with Gasteiger partial charge in [0.2, 0.25) is 5.91 Å². The largest absolute Gasteiger partial charge is 0.472 e. The van der Waals surface area contributed by atoms with Gasteiger partial charge in [-0.05, 0) is 57.4 Å². The highest BCUT2D eigenvalue weighted by Crippen LogP contribution is 2.43. The summed E-state index contributed by atoms with van der Waals surface area (Å²) in [5, 5.41) is 3.05. The zero-order chi connectivity index (χ0) is 49.4. The van der Waals surface area contributed by atoms with Gasteiger partial charge in [-0.3, -0.25) is 18.6 Å². The van der Waals surface area contributed by atoms with E-state index in [1.807, 2.05) is 33.3 Å². The van der Waals surface area contributed by atoms with Gasteiger partial charge in [0.05, 0.1) is 33.8 Å². The molecule has 67 heavy (non-hydrogen) atoms. The molecule has 0 aliphatic rings. The van der Waals surface area contributed by atoms with Gasteiger partial charge in [-0.15, -0.1) is 0 Å². The number of carbonyl (C=O) groups is 2. The Bertz CT molecular complexity index is 1250. The lowest BCUT2D eigenvalue weighted by Gasteiger charge is -2.27. The highest BCUT2D eigenvalue weighted by atomic mass is 31.2. The smallest absolute Gasteiger partial charge is 0.456 e. The number of esters is 1. The van der Waals surface area contributed by atoms with E-state index in [1.54, 1.807) is 0 Å². The van der Waals surface area contributed by atoms with E-state index < -0.39 is 20.0 Å². The van der Waals surface area contributed by atoms with E-state index in [-0.39, 0.29) is 31.5 Å². The van der Waals surface area contributed by atoms with Crippen molar-refractivity contribution >= 4 is 19.7 Å². The maximum Gasteiger partial charge on any atom is 0.472 e. The Balaban J connectivity index is 5.38. The van der Waals surface area contributed by atoms with Crippen LogP contribution in [0.25, 0.3) is 0 Å². The van der Waals surface area contributed by atoms with Gasteiger partial charge in [-0.25, -0.2) is 4.57 Å². The predicted octanol–water partition coefficient (Wildman–Crippen LogP) is 16.8. The van der Waals surface area contributed by atoms with Crippen LogP contribution in [-0.4, -0.2) is 74.3 Å². The molecule has 0 spiro atoms. The number of quaternary nitrogens is 1. The van der Waals surface area contributed by atoms with Crippen molar-refractivity contribution in [2.45, 2.75) is 277 Å². The number of allylic oxidation sites excluding steroid dienone is 5. The summed E-state index contributed by atoms with van der Waals surface area (Å²) in [6.07, 6.45) is 55.6. The maximum atomic E-state index is 13.5. The number of amides is 1. The molecule has 0 radical (unpaired) electrons. The zero-order valence-electron chi connectivity index (χ0n) is 44.9. The average Bonchev–Trinajstić information content (AvgIpc) is 3.28. The lowest BCUT2D eigenvalue weighted by Crippen LogP contribution is -2.47. The minimum absolute atomic E-state index is 0.0409. The first-order valence-corrected chi connectivity index (χ1v) is 29.8. The van der Waals surface area contributed by atoms with Crippen molar-refractivity contribution in [3.05, 3.63) is 36.5 Å². The van der Waals surface area contributed by atoms with Crippen LogP contribution in [0.1, 0.15) is 265 Å². The molecule has 0 aromatic rings. The number of unbranched alkanes of at least 4 members (excludes halogenated alkanes) is 31. The number of phosphoric ester groups is 1. The predicted molar refractivity (Wildman–Crippen MR) is 286 cm³/mol. The van der Waals surface area contributed by atoms with Gasteiger partial charge in [0, 0.05) is 12.8 Å². The fourth-order valence-corrected chi connectivity index (χ4v) is 8.95. The fraction of sp³-hybridized carbons (Fsp3) is 0.860. The van der Waals surface area contributed by atoms with E-state index in [2.05, 4.69) is 50.4 Å². The van der Waals surface area contributed by atoms with Crippen molar-refractivity contribution in [2.75, 3.05) is 40.9 Å². The van der Waals surface area contributed by atoms with Gasteiger partial charge in [0.1, 0.15) is 19.3 Å². The van der Waals surface area contributed by atoms with Crippen molar-refractivity contribution in [3.8, 4) is 0 Å². The van der Waals surface area contributed by atoms with Crippen molar-refractivity contribution in [2.24, 2.45) is 0 Å². The Morgan fingerprint density at radius 2 is 0.955 bits per heavy atom. The molecule has 0 aromatic heterocycles. The number of carbonyl (C=O) groups excluding carboxylic acids is 2. The van der Waals surface area contributed by atoms with E-state index in [0.717, 1.165) is 83.5 Å². The normalized spacial score (nSPS) is 14.1. The molecule has 0 aromatic carbocycles. The number of ether oxygens (including phenoxy) is 1. The van der Waals surface area contributed by atoms with Gasteiger partial charge in [-0.2, -0.15) is 0 Å². The quantitative estimate of drug-likeness (QED) is 0.0205. The molecule has 0 saturated carbocycles. The second kappa shape index (κ2) is 47.9. The molecule has 0 saturated heterocycles. The van der Waals surface area contributed by atoms with E-state index in [0.29, 0.717) is 17.4 Å². The van der Waals surface area contributed by atoms with Gasteiger partial charge in [0.15, 0.2) is 0 Å². The molecule has 2 N–H and O–H groups in total. The van der Waals surface area contributed by atoms with Gasteiger partial charge in [-0.1, -0.05) is 231 Å². The molecule has 0 aliphatic heterocycles. The minimum Gasteiger partial charge on any atom is -0.456 e. The van der Waals surface area contributed by atoms with Crippen molar-refractivity contribution in [1.29, 1.82) is 0 Å². The van der Waals surface area contributed by atoms with Crippen LogP contribution >= 0.6 is 7.82 Å². The molecule has 0 rings (SSSR count). The standard InChI is InChI=1S/C57H109N2O7P/c1-7-10-13-16-19-22-25-28-31-34-37-40-43-46-49-56(60)58-54(53-65-67(62,63)64-52-51-59(4,5)6)55(48-45-42-39-36-33-30-27-24-21-18-15-12-9-3)66-57(61)50-47-44-41-38-35-32-29-26-23-20-17-14-11-8-2/h11,14,20,23,45,48,54-55H,7-10,12-13,15-19,21-22,24-44,46-47,49-53H2,1-6H3,(H-,58,60,62,63)/p+1/b14-11+,23-20+,48-45+. The number of likely N-dealkylation sites (N-methyl/N-ethyl adjacent to an activating group) is 1. The number of rotatable bonds is 51. The number of hydrogen-bond acceptors (Lipinski definition) is 6. The lowest BCUT2D eigenvalue weighted by atomic mass is 10.0. The SMILES string of the molecule is CC/C=C/C/C=C/CCCCCCCCCC(=O)OC(/C=C/CCCCCCCCCCCCC)C(COP(=O)(O)OCC[N+](C)(C)C)NC(=O)CCCCCCCCCCCCCCCC. The van der Waals surface area contributed by atoms with E-state index in [1.165, 1.54) is 148 Å². The van der Waals surface area contributed by atoms with Gasteiger partial charge < -0.3 is 19.4 Å². The third-order valence-corrected chi connectivity index (χ3v) is 13.6. The number of phosphoric acid groups is 1. The second-order valence-electron chi connectivity index (χ2n) is 20.4. The summed E-state index contributed by atoms with van der Waals surface area (Å²) in [5.74, 6) is -0.506.